The summed E-state index contributed by atoms with van der Waals surface area (Å²) in [5.41, 5.74) is 0.583. The first-order valence-electron chi connectivity index (χ1n) is 8.99. The number of nitrogens with one attached hydrogen (secondary N) is 1. The second-order valence-electron chi connectivity index (χ2n) is 6.69. The zero-order chi connectivity index (χ0) is 21.0. The molecular formula is C23H20F3N2O+. The van der Waals surface area contributed by atoms with E-state index in [9.17, 15) is 18.0 Å². The Hall–Kier alpha value is -3.41. The molecule has 3 aromatic rings. The highest BCUT2D eigenvalue weighted by atomic mass is 19.4. The maximum absolute atomic E-state index is 14.1. The van der Waals surface area contributed by atoms with Crippen LogP contribution in [0.25, 0.3) is 5.70 Å². The van der Waals surface area contributed by atoms with Crippen LogP contribution in [0.5, 0.6) is 0 Å². The van der Waals surface area contributed by atoms with Gasteiger partial charge in [0.1, 0.15) is 0 Å². The van der Waals surface area contributed by atoms with Gasteiger partial charge in [0.05, 0.1) is 0 Å². The molecule has 148 valence electrons. The second-order valence-corrected chi connectivity index (χ2v) is 6.69. The molecule has 0 saturated heterocycles. The van der Waals surface area contributed by atoms with Crippen molar-refractivity contribution in [2.24, 2.45) is 0 Å². The number of hydrogen-bond acceptors (Lipinski definition) is 2. The van der Waals surface area contributed by atoms with Crippen LogP contribution >= 0.6 is 0 Å². The first-order chi connectivity index (χ1) is 13.8. The summed E-state index contributed by atoms with van der Waals surface area (Å²) >= 11 is 0. The summed E-state index contributed by atoms with van der Waals surface area (Å²) in [7, 11) is 0. The number of Topliss-reactive ketones (excluding diaryl/α,β-unsaturated/α-hetero) is 1. The normalized spacial score (nSPS) is 12.3. The highest BCUT2D eigenvalue weighted by molar-refractivity contribution is 6.22. The number of aromatic nitrogens is 1. The van der Waals surface area contributed by atoms with Crippen molar-refractivity contribution >= 4 is 17.2 Å². The van der Waals surface area contributed by atoms with Gasteiger partial charge in [-0.2, -0.15) is 17.7 Å². The van der Waals surface area contributed by atoms with Crippen molar-refractivity contribution in [3.8, 4) is 0 Å². The molecule has 0 atom stereocenters. The lowest BCUT2D eigenvalue weighted by Gasteiger charge is -2.16. The van der Waals surface area contributed by atoms with E-state index in [0.29, 0.717) is 0 Å². The molecule has 1 heterocycles. The molecule has 6 heteroatoms. The molecule has 1 aromatic heterocycles. The zero-order valence-electron chi connectivity index (χ0n) is 16.0. The minimum atomic E-state index is -4.78. The van der Waals surface area contributed by atoms with Gasteiger partial charge in [0.15, 0.2) is 18.1 Å². The fourth-order valence-corrected chi connectivity index (χ4v) is 2.78. The third kappa shape index (κ3) is 4.90. The van der Waals surface area contributed by atoms with Gasteiger partial charge in [0, 0.05) is 23.4 Å². The molecule has 0 unspecified atom stereocenters. The van der Waals surface area contributed by atoms with E-state index in [1.807, 2.05) is 13.8 Å². The molecule has 3 rings (SSSR count). The number of nitrogens with zero attached hydrogens (tertiary/aromatic N) is 1. The zero-order valence-corrected chi connectivity index (χ0v) is 16.0. The van der Waals surface area contributed by atoms with Gasteiger partial charge in [0.25, 0.3) is 11.5 Å². The van der Waals surface area contributed by atoms with E-state index >= 15 is 0 Å². The first-order valence-corrected chi connectivity index (χ1v) is 8.99. The van der Waals surface area contributed by atoms with Gasteiger partial charge in [-0.3, -0.25) is 4.79 Å². The van der Waals surface area contributed by atoms with Crippen molar-refractivity contribution in [2.75, 3.05) is 5.32 Å². The van der Waals surface area contributed by atoms with Crippen molar-refractivity contribution in [1.29, 1.82) is 0 Å². The van der Waals surface area contributed by atoms with Crippen LogP contribution in [-0.2, 0) is 0 Å². The maximum atomic E-state index is 14.1. The minimum absolute atomic E-state index is 0.169. The maximum Gasteiger partial charge on any atom is 0.438 e. The van der Waals surface area contributed by atoms with E-state index < -0.39 is 23.4 Å². The van der Waals surface area contributed by atoms with Gasteiger partial charge in [-0.25, -0.2) is 0 Å². The molecule has 1 N–H and O–H groups in total. The van der Waals surface area contributed by atoms with E-state index in [2.05, 4.69) is 5.32 Å². The lowest BCUT2D eigenvalue weighted by Crippen LogP contribution is -2.40. The Labute approximate surface area is 167 Å². The summed E-state index contributed by atoms with van der Waals surface area (Å²) in [4.78, 5) is 13.1. The minimum Gasteiger partial charge on any atom is -0.346 e. The summed E-state index contributed by atoms with van der Waals surface area (Å²) in [6.07, 6.45) is -1.87. The van der Waals surface area contributed by atoms with Crippen molar-refractivity contribution in [1.82, 2.24) is 0 Å². The number of anilines is 1. The SMILES string of the molecule is Cc1ccc(NC(=C(C(=O)c2ccccc2)[n+]2ccc(C)cc2)C(F)(F)F)cc1. The number of benzene rings is 2. The molecule has 29 heavy (non-hydrogen) atoms. The van der Waals surface area contributed by atoms with E-state index in [1.54, 1.807) is 54.6 Å². The van der Waals surface area contributed by atoms with E-state index in [0.717, 1.165) is 11.1 Å². The predicted octanol–water partition coefficient (Wildman–Crippen LogP) is 5.32. The molecule has 0 fully saturated rings. The lowest BCUT2D eigenvalue weighted by molar-refractivity contribution is -0.578. The van der Waals surface area contributed by atoms with Crippen LogP contribution in [-0.4, -0.2) is 12.0 Å². The molecule has 0 aliphatic rings. The molecular weight excluding hydrogens is 377 g/mol. The molecule has 0 amide bonds. The Bertz CT molecular complexity index is 1020. The average molecular weight is 397 g/mol. The molecule has 0 spiro atoms. The number of alkyl halides is 3. The number of carbonyl (C=O) groups excluding carboxylic acids is 1. The summed E-state index contributed by atoms with van der Waals surface area (Å²) in [5.74, 6) is -0.730. The van der Waals surface area contributed by atoms with Gasteiger partial charge in [-0.15, -0.1) is 0 Å². The van der Waals surface area contributed by atoms with Gasteiger partial charge in [-0.1, -0.05) is 48.0 Å². The van der Waals surface area contributed by atoms with Crippen molar-refractivity contribution < 1.29 is 22.5 Å². The highest BCUT2D eigenvalue weighted by Crippen LogP contribution is 2.31. The lowest BCUT2D eigenvalue weighted by atomic mass is 10.1. The van der Waals surface area contributed by atoms with Gasteiger partial charge < -0.3 is 5.32 Å². The summed E-state index contributed by atoms with van der Waals surface area (Å²) in [6.45, 7) is 3.67. The van der Waals surface area contributed by atoms with Gasteiger partial charge >= 0.3 is 6.18 Å². The smallest absolute Gasteiger partial charge is 0.346 e. The molecule has 0 aliphatic carbocycles. The standard InChI is InChI=1S/C23H19F3N2O/c1-16-8-10-19(11-9-16)27-22(23(24,25)26)20(28-14-12-17(2)13-15-28)21(29)18-6-4-3-5-7-18/h3-15H,1-2H3/p+1. The highest BCUT2D eigenvalue weighted by Gasteiger charge is 2.43. The van der Waals surface area contributed by atoms with Crippen molar-refractivity contribution in [3.63, 3.8) is 0 Å². The molecule has 0 aliphatic heterocycles. The van der Waals surface area contributed by atoms with Gasteiger partial charge in [0.2, 0.25) is 0 Å². The van der Waals surface area contributed by atoms with Gasteiger partial charge in [-0.05, 0) is 31.5 Å². The van der Waals surface area contributed by atoms with E-state index in [4.69, 9.17) is 0 Å². The van der Waals surface area contributed by atoms with Crippen molar-refractivity contribution in [3.05, 3.63) is 102 Å². The molecule has 3 nitrogen and oxygen atoms in total. The van der Waals surface area contributed by atoms with Crippen molar-refractivity contribution in [2.45, 2.75) is 20.0 Å². The Morgan fingerprint density at radius 2 is 1.38 bits per heavy atom. The summed E-state index contributed by atoms with van der Waals surface area (Å²) in [6, 6.07) is 17.7. The van der Waals surface area contributed by atoms with Crippen LogP contribution in [0.2, 0.25) is 0 Å². The summed E-state index contributed by atoms with van der Waals surface area (Å²) < 4.78 is 43.5. The molecule has 0 radical (unpaired) electrons. The Kier molecular flexibility index (Phi) is 5.82. The molecule has 2 aromatic carbocycles. The number of allylic oxidation sites excluding steroid dienone is 2. The topological polar surface area (TPSA) is 33.0 Å². The van der Waals surface area contributed by atoms with E-state index in [1.165, 1.54) is 29.1 Å². The third-order valence-corrected chi connectivity index (χ3v) is 4.35. The quantitative estimate of drug-likeness (QED) is 0.359. The van der Waals surface area contributed by atoms with Crippen LogP contribution < -0.4 is 9.88 Å². The number of ketones is 1. The second kappa shape index (κ2) is 8.31. The number of halogens is 3. The largest absolute Gasteiger partial charge is 0.438 e. The van der Waals surface area contributed by atoms with Crippen LogP contribution in [0.3, 0.4) is 0 Å². The predicted molar refractivity (Wildman–Crippen MR) is 106 cm³/mol. The fourth-order valence-electron chi connectivity index (χ4n) is 2.78. The Balaban J connectivity index is 2.22. The number of carbonyl (C=O) groups is 1. The van der Waals surface area contributed by atoms with E-state index in [-0.39, 0.29) is 11.3 Å². The van der Waals surface area contributed by atoms with Crippen LogP contribution in [0, 0.1) is 13.8 Å². The number of rotatable bonds is 5. The van der Waals surface area contributed by atoms with Crippen LogP contribution in [0.15, 0.2) is 84.8 Å². The molecule has 0 bridgehead atoms. The average Bonchev–Trinajstić information content (AvgIpc) is 2.70. The summed E-state index contributed by atoms with van der Waals surface area (Å²) in [5, 5.41) is 2.42. The first kappa shape index (κ1) is 20.3. The number of hydrogen-bond donors (Lipinski definition) is 1. The number of pyridine rings is 1. The monoisotopic (exact) mass is 397 g/mol. The number of aryl methyl sites for hydroxylation is 2. The van der Waals surface area contributed by atoms with Crippen LogP contribution in [0.1, 0.15) is 21.5 Å². The third-order valence-electron chi connectivity index (χ3n) is 4.35. The molecule has 0 saturated carbocycles. The van der Waals surface area contributed by atoms with Crippen LogP contribution in [0.4, 0.5) is 18.9 Å². The Morgan fingerprint density at radius 1 is 0.828 bits per heavy atom. The Morgan fingerprint density at radius 3 is 1.93 bits per heavy atom. The fraction of sp³-hybridized carbons (Fsp3) is 0.130.